The predicted molar refractivity (Wildman–Crippen MR) is 83.2 cm³/mol. The van der Waals surface area contributed by atoms with E-state index in [1.165, 1.54) is 30.4 Å². The molecule has 1 aromatic heterocycles. The van der Waals surface area contributed by atoms with Gasteiger partial charge in [0.15, 0.2) is 0 Å². The van der Waals surface area contributed by atoms with Gasteiger partial charge in [-0.3, -0.25) is 0 Å². The molecule has 2 aromatic rings. The van der Waals surface area contributed by atoms with Gasteiger partial charge in [0.1, 0.15) is 11.0 Å². The zero-order valence-corrected chi connectivity index (χ0v) is 12.7. The van der Waals surface area contributed by atoms with E-state index >= 15 is 0 Å². The van der Waals surface area contributed by atoms with Crippen molar-refractivity contribution in [2.75, 3.05) is 0 Å². The summed E-state index contributed by atoms with van der Waals surface area (Å²) in [6.45, 7) is 4.18. The van der Waals surface area contributed by atoms with Crippen molar-refractivity contribution in [2.45, 2.75) is 44.9 Å². The minimum absolute atomic E-state index is 0.281. The van der Waals surface area contributed by atoms with E-state index < -0.39 is 0 Å². The summed E-state index contributed by atoms with van der Waals surface area (Å²) in [6, 6.07) is 10.4. The van der Waals surface area contributed by atoms with Gasteiger partial charge in [0.05, 0.1) is 5.69 Å². The Labute approximate surface area is 125 Å². The van der Waals surface area contributed by atoms with Crippen LogP contribution in [0.15, 0.2) is 30.3 Å². The molecule has 0 spiro atoms. The second kappa shape index (κ2) is 5.53. The second-order valence-corrected chi connectivity index (χ2v) is 6.19. The molecule has 3 heteroatoms. The molecule has 20 heavy (non-hydrogen) atoms. The van der Waals surface area contributed by atoms with Crippen LogP contribution in [0.25, 0.3) is 11.3 Å². The molecule has 2 nitrogen and oxygen atoms in total. The maximum absolute atomic E-state index is 6.17. The number of nitrogens with zero attached hydrogens (tertiary/aromatic N) is 2. The Balaban J connectivity index is 2.08. The van der Waals surface area contributed by atoms with Crippen molar-refractivity contribution < 1.29 is 0 Å². The molecule has 0 saturated heterocycles. The third-order valence-electron chi connectivity index (χ3n) is 4.01. The SMILES string of the molecule is CC(C)c1nc(Cl)cc(-c2ccccc2C2CCC2)n1. The van der Waals surface area contributed by atoms with Crippen LogP contribution in [0.3, 0.4) is 0 Å². The van der Waals surface area contributed by atoms with Crippen molar-refractivity contribution in [3.8, 4) is 11.3 Å². The average Bonchev–Trinajstić information content (AvgIpc) is 2.36. The molecule has 1 aromatic carbocycles. The Morgan fingerprint density at radius 1 is 1.15 bits per heavy atom. The molecule has 3 rings (SSSR count). The number of aromatic nitrogens is 2. The fraction of sp³-hybridized carbons (Fsp3) is 0.412. The largest absolute Gasteiger partial charge is 0.233 e. The third-order valence-corrected chi connectivity index (χ3v) is 4.20. The summed E-state index contributed by atoms with van der Waals surface area (Å²) >= 11 is 6.17. The van der Waals surface area contributed by atoms with Gasteiger partial charge in [0.2, 0.25) is 0 Å². The summed E-state index contributed by atoms with van der Waals surface area (Å²) in [7, 11) is 0. The standard InChI is InChI=1S/C17H19ClN2/c1-11(2)17-19-15(10-16(18)20-17)14-9-4-3-8-13(14)12-6-5-7-12/h3-4,8-12H,5-7H2,1-2H3. The molecule has 0 amide bonds. The van der Waals surface area contributed by atoms with Crippen molar-refractivity contribution in [2.24, 2.45) is 0 Å². The van der Waals surface area contributed by atoms with Crippen LogP contribution in [0.4, 0.5) is 0 Å². The van der Waals surface area contributed by atoms with Gasteiger partial charge in [-0.1, -0.05) is 56.1 Å². The van der Waals surface area contributed by atoms with Gasteiger partial charge in [-0.05, 0) is 24.3 Å². The average molecular weight is 287 g/mol. The number of hydrogen-bond acceptors (Lipinski definition) is 2. The van der Waals surface area contributed by atoms with Gasteiger partial charge >= 0.3 is 0 Å². The fourth-order valence-corrected chi connectivity index (χ4v) is 2.83. The normalized spacial score (nSPS) is 15.4. The summed E-state index contributed by atoms with van der Waals surface area (Å²) in [5.74, 6) is 1.78. The molecule has 1 heterocycles. The molecule has 0 bridgehead atoms. The lowest BCUT2D eigenvalue weighted by Crippen LogP contribution is -2.10. The summed E-state index contributed by atoms with van der Waals surface area (Å²) < 4.78 is 0. The molecule has 0 N–H and O–H groups in total. The van der Waals surface area contributed by atoms with Gasteiger partial charge < -0.3 is 0 Å². The van der Waals surface area contributed by atoms with Crippen LogP contribution < -0.4 is 0 Å². The highest BCUT2D eigenvalue weighted by molar-refractivity contribution is 6.29. The lowest BCUT2D eigenvalue weighted by molar-refractivity contribution is 0.420. The highest BCUT2D eigenvalue weighted by atomic mass is 35.5. The molecular weight excluding hydrogens is 268 g/mol. The lowest BCUT2D eigenvalue weighted by Gasteiger charge is -2.27. The van der Waals surface area contributed by atoms with E-state index in [9.17, 15) is 0 Å². The minimum atomic E-state index is 0.281. The first kappa shape index (κ1) is 13.6. The van der Waals surface area contributed by atoms with Crippen LogP contribution in [0.2, 0.25) is 5.15 Å². The first-order chi connectivity index (χ1) is 9.65. The zero-order chi connectivity index (χ0) is 14.1. The van der Waals surface area contributed by atoms with Gasteiger partial charge in [0, 0.05) is 17.5 Å². The fourth-order valence-electron chi connectivity index (χ4n) is 2.64. The molecule has 0 atom stereocenters. The molecule has 104 valence electrons. The monoisotopic (exact) mass is 286 g/mol. The second-order valence-electron chi connectivity index (χ2n) is 5.80. The first-order valence-electron chi connectivity index (χ1n) is 7.29. The Kier molecular flexibility index (Phi) is 3.75. The molecule has 1 fully saturated rings. The molecule has 1 saturated carbocycles. The van der Waals surface area contributed by atoms with Crippen molar-refractivity contribution in [3.63, 3.8) is 0 Å². The van der Waals surface area contributed by atoms with Crippen LogP contribution in [0.5, 0.6) is 0 Å². The quantitative estimate of drug-likeness (QED) is 0.726. The van der Waals surface area contributed by atoms with Crippen LogP contribution in [-0.2, 0) is 0 Å². The van der Waals surface area contributed by atoms with E-state index in [2.05, 4.69) is 43.1 Å². The number of rotatable bonds is 3. The van der Waals surface area contributed by atoms with Gasteiger partial charge in [-0.15, -0.1) is 0 Å². The highest BCUT2D eigenvalue weighted by Gasteiger charge is 2.23. The first-order valence-corrected chi connectivity index (χ1v) is 7.66. The summed E-state index contributed by atoms with van der Waals surface area (Å²) in [5, 5.41) is 0.530. The summed E-state index contributed by atoms with van der Waals surface area (Å²) in [6.07, 6.45) is 3.90. The molecule has 0 aliphatic heterocycles. The third kappa shape index (κ3) is 2.57. The Morgan fingerprint density at radius 3 is 2.55 bits per heavy atom. The molecule has 1 aliphatic carbocycles. The number of halogens is 1. The minimum Gasteiger partial charge on any atom is -0.233 e. The van der Waals surface area contributed by atoms with Crippen molar-refractivity contribution in [1.82, 2.24) is 9.97 Å². The molecular formula is C17H19ClN2. The number of hydrogen-bond donors (Lipinski definition) is 0. The Hall–Kier alpha value is -1.41. The van der Waals surface area contributed by atoms with E-state index in [-0.39, 0.29) is 5.92 Å². The molecule has 0 unspecified atom stereocenters. The molecule has 0 radical (unpaired) electrons. The topological polar surface area (TPSA) is 25.8 Å². The van der Waals surface area contributed by atoms with Gasteiger partial charge in [0.25, 0.3) is 0 Å². The maximum Gasteiger partial charge on any atom is 0.133 e. The number of benzene rings is 1. The van der Waals surface area contributed by atoms with Gasteiger partial charge in [-0.2, -0.15) is 0 Å². The van der Waals surface area contributed by atoms with E-state index in [4.69, 9.17) is 16.6 Å². The zero-order valence-electron chi connectivity index (χ0n) is 11.9. The van der Waals surface area contributed by atoms with Crippen LogP contribution in [0.1, 0.15) is 56.3 Å². The van der Waals surface area contributed by atoms with E-state index in [0.717, 1.165) is 11.5 Å². The Bertz CT molecular complexity index is 618. The van der Waals surface area contributed by atoms with Crippen LogP contribution in [0, 0.1) is 0 Å². The molecule has 1 aliphatic rings. The van der Waals surface area contributed by atoms with Crippen LogP contribution in [-0.4, -0.2) is 9.97 Å². The lowest BCUT2D eigenvalue weighted by atomic mass is 9.78. The smallest absolute Gasteiger partial charge is 0.133 e. The van der Waals surface area contributed by atoms with Crippen molar-refractivity contribution in [3.05, 3.63) is 46.9 Å². The van der Waals surface area contributed by atoms with Crippen LogP contribution >= 0.6 is 11.6 Å². The Morgan fingerprint density at radius 2 is 1.90 bits per heavy atom. The van der Waals surface area contributed by atoms with E-state index in [0.29, 0.717) is 11.1 Å². The van der Waals surface area contributed by atoms with E-state index in [1.807, 2.05) is 6.07 Å². The summed E-state index contributed by atoms with van der Waals surface area (Å²) in [5.41, 5.74) is 3.57. The van der Waals surface area contributed by atoms with Crippen molar-refractivity contribution >= 4 is 11.6 Å². The summed E-state index contributed by atoms with van der Waals surface area (Å²) in [4.78, 5) is 9.03. The maximum atomic E-state index is 6.17. The predicted octanol–water partition coefficient (Wildman–Crippen LogP) is 5.19. The van der Waals surface area contributed by atoms with E-state index in [1.54, 1.807) is 0 Å². The van der Waals surface area contributed by atoms with Gasteiger partial charge in [-0.25, -0.2) is 9.97 Å². The highest BCUT2D eigenvalue weighted by Crippen LogP contribution is 2.40. The van der Waals surface area contributed by atoms with Crippen molar-refractivity contribution in [1.29, 1.82) is 0 Å².